The van der Waals surface area contributed by atoms with E-state index in [4.69, 9.17) is 5.11 Å². The summed E-state index contributed by atoms with van der Waals surface area (Å²) < 4.78 is 26.7. The fourth-order valence-corrected chi connectivity index (χ4v) is 1.54. The van der Waals surface area contributed by atoms with Gasteiger partial charge in [-0.15, -0.1) is 0 Å². The molecule has 0 spiro atoms. The van der Waals surface area contributed by atoms with Gasteiger partial charge in [-0.2, -0.15) is 0 Å². The molecule has 0 saturated heterocycles. The smallest absolute Gasteiger partial charge is 0.338 e. The highest BCUT2D eigenvalue weighted by Crippen LogP contribution is 2.20. The number of nitrogens with one attached hydrogen (secondary N) is 1. The van der Waals surface area contributed by atoms with Crippen LogP contribution in [0.2, 0.25) is 0 Å². The average molecular weight is 264 g/mol. The summed E-state index contributed by atoms with van der Waals surface area (Å²) in [6.45, 7) is 0.211. The number of hydrogen-bond acceptors (Lipinski definition) is 3. The molecule has 0 aliphatic heterocycles. The van der Waals surface area contributed by atoms with E-state index < -0.39 is 23.2 Å². The zero-order chi connectivity index (χ0) is 13.8. The molecule has 98 valence electrons. The van der Waals surface area contributed by atoms with Crippen LogP contribution in [0.3, 0.4) is 0 Å². The van der Waals surface area contributed by atoms with Gasteiger partial charge in [0, 0.05) is 12.3 Å². The third-order valence-corrected chi connectivity index (χ3v) is 2.47. The maximum Gasteiger partial charge on any atom is 0.338 e. The highest BCUT2D eigenvalue weighted by Gasteiger charge is 2.15. The summed E-state index contributed by atoms with van der Waals surface area (Å²) in [7, 11) is 0. The number of carboxylic acid groups (broad SMARTS) is 1. The molecule has 2 N–H and O–H groups in total. The molecule has 0 atom stereocenters. The molecular formula is C13H10F2N2O2. The Morgan fingerprint density at radius 2 is 2.05 bits per heavy atom. The first-order valence-corrected chi connectivity index (χ1v) is 5.44. The van der Waals surface area contributed by atoms with Crippen LogP contribution in [0, 0.1) is 11.6 Å². The summed E-state index contributed by atoms with van der Waals surface area (Å²) >= 11 is 0. The monoisotopic (exact) mass is 264 g/mol. The van der Waals surface area contributed by atoms with Gasteiger partial charge in [-0.1, -0.05) is 6.07 Å². The normalized spacial score (nSPS) is 10.2. The van der Waals surface area contributed by atoms with Crippen molar-refractivity contribution in [1.29, 1.82) is 0 Å². The molecule has 0 amide bonds. The van der Waals surface area contributed by atoms with Gasteiger partial charge in [0.25, 0.3) is 0 Å². The molecule has 0 saturated carbocycles. The van der Waals surface area contributed by atoms with E-state index in [9.17, 15) is 13.6 Å². The lowest BCUT2D eigenvalue weighted by Gasteiger charge is -2.08. The number of rotatable bonds is 4. The Bertz CT molecular complexity index is 603. The molecule has 0 radical (unpaired) electrons. The van der Waals surface area contributed by atoms with E-state index in [1.807, 2.05) is 0 Å². The molecule has 1 aromatic heterocycles. The highest BCUT2D eigenvalue weighted by molar-refractivity contribution is 5.89. The first-order chi connectivity index (χ1) is 9.08. The Balaban J connectivity index is 2.21. The van der Waals surface area contributed by atoms with E-state index in [0.717, 1.165) is 6.07 Å². The van der Waals surface area contributed by atoms with E-state index in [1.165, 1.54) is 0 Å². The lowest BCUT2D eigenvalue weighted by atomic mass is 10.1. The summed E-state index contributed by atoms with van der Waals surface area (Å²) in [5.41, 5.74) is -0.00234. The molecule has 0 fully saturated rings. The number of carbonyl (C=O) groups is 1. The van der Waals surface area contributed by atoms with Gasteiger partial charge in [0.15, 0.2) is 0 Å². The van der Waals surface area contributed by atoms with E-state index in [2.05, 4.69) is 10.3 Å². The van der Waals surface area contributed by atoms with Crippen LogP contribution in [0.15, 0.2) is 36.5 Å². The molecule has 2 aromatic rings. The van der Waals surface area contributed by atoms with Crippen molar-refractivity contribution in [3.63, 3.8) is 0 Å². The molecule has 1 aromatic carbocycles. The number of pyridine rings is 1. The van der Waals surface area contributed by atoms with Gasteiger partial charge in [-0.25, -0.2) is 13.6 Å². The molecule has 0 aliphatic rings. The Morgan fingerprint density at radius 1 is 1.26 bits per heavy atom. The minimum atomic E-state index is -1.45. The number of carboxylic acids is 1. The van der Waals surface area contributed by atoms with Crippen molar-refractivity contribution in [3.05, 3.63) is 59.4 Å². The third kappa shape index (κ3) is 3.04. The Hall–Kier alpha value is -2.50. The second kappa shape index (κ2) is 5.43. The lowest BCUT2D eigenvalue weighted by Crippen LogP contribution is -2.07. The highest BCUT2D eigenvalue weighted by atomic mass is 19.1. The van der Waals surface area contributed by atoms with Crippen LogP contribution < -0.4 is 5.32 Å². The Morgan fingerprint density at radius 3 is 2.68 bits per heavy atom. The molecule has 0 bridgehead atoms. The van der Waals surface area contributed by atoms with Crippen molar-refractivity contribution < 1.29 is 18.7 Å². The quantitative estimate of drug-likeness (QED) is 0.891. The molecule has 6 heteroatoms. The van der Waals surface area contributed by atoms with Crippen molar-refractivity contribution in [2.24, 2.45) is 0 Å². The summed E-state index contributed by atoms with van der Waals surface area (Å²) in [6.07, 6.45) is 1.58. The third-order valence-electron chi connectivity index (χ3n) is 2.47. The van der Waals surface area contributed by atoms with Gasteiger partial charge in [-0.05, 0) is 18.2 Å². The Labute approximate surface area is 107 Å². The number of aromatic nitrogens is 1. The lowest BCUT2D eigenvalue weighted by molar-refractivity contribution is 0.0692. The summed E-state index contributed by atoms with van der Waals surface area (Å²) in [5, 5.41) is 11.4. The number of anilines is 1. The van der Waals surface area contributed by atoms with Crippen LogP contribution in [0.4, 0.5) is 14.5 Å². The van der Waals surface area contributed by atoms with E-state index >= 15 is 0 Å². The molecule has 1 heterocycles. The van der Waals surface area contributed by atoms with Crippen LogP contribution in [0.5, 0.6) is 0 Å². The van der Waals surface area contributed by atoms with Gasteiger partial charge in [-0.3, -0.25) is 4.98 Å². The van der Waals surface area contributed by atoms with Crippen LogP contribution in [0.25, 0.3) is 0 Å². The predicted molar refractivity (Wildman–Crippen MR) is 64.9 cm³/mol. The molecule has 2 rings (SSSR count). The van der Waals surface area contributed by atoms with Crippen molar-refractivity contribution in [3.8, 4) is 0 Å². The second-order valence-electron chi connectivity index (χ2n) is 3.79. The molecule has 0 aliphatic carbocycles. The first kappa shape index (κ1) is 12.9. The first-order valence-electron chi connectivity index (χ1n) is 5.44. The fourth-order valence-electron chi connectivity index (χ4n) is 1.54. The molecular weight excluding hydrogens is 254 g/mol. The van der Waals surface area contributed by atoms with Gasteiger partial charge < -0.3 is 10.4 Å². The van der Waals surface area contributed by atoms with Gasteiger partial charge in [0.1, 0.15) is 11.6 Å². The van der Waals surface area contributed by atoms with Crippen molar-refractivity contribution in [2.75, 3.05) is 5.32 Å². The summed E-state index contributed by atoms with van der Waals surface area (Å²) in [5.74, 6) is -3.40. The maximum atomic E-state index is 13.5. The number of nitrogens with zero attached hydrogens (tertiary/aromatic N) is 1. The van der Waals surface area contributed by atoms with E-state index in [0.29, 0.717) is 11.8 Å². The fraction of sp³-hybridized carbons (Fsp3) is 0.0769. The number of aromatic carboxylic acids is 1. The van der Waals surface area contributed by atoms with E-state index in [-0.39, 0.29) is 12.2 Å². The van der Waals surface area contributed by atoms with Crippen LogP contribution >= 0.6 is 0 Å². The minimum absolute atomic E-state index is 0.0792. The van der Waals surface area contributed by atoms with Crippen LogP contribution in [0.1, 0.15) is 16.1 Å². The maximum absolute atomic E-state index is 13.5. The van der Waals surface area contributed by atoms with Gasteiger partial charge in [0.2, 0.25) is 0 Å². The second-order valence-corrected chi connectivity index (χ2v) is 3.79. The van der Waals surface area contributed by atoms with Gasteiger partial charge in [0.05, 0.1) is 23.5 Å². The number of hydrogen-bond donors (Lipinski definition) is 2. The SMILES string of the molecule is O=C(O)c1cc(NCc2ccccn2)c(F)cc1F. The Kier molecular flexibility index (Phi) is 3.70. The minimum Gasteiger partial charge on any atom is -0.478 e. The topological polar surface area (TPSA) is 62.2 Å². The zero-order valence-electron chi connectivity index (χ0n) is 9.73. The molecule has 0 unspecified atom stereocenters. The number of halogens is 2. The van der Waals surface area contributed by atoms with Crippen molar-refractivity contribution in [2.45, 2.75) is 6.54 Å². The van der Waals surface area contributed by atoms with Gasteiger partial charge >= 0.3 is 5.97 Å². The predicted octanol–water partition coefficient (Wildman–Crippen LogP) is 2.67. The average Bonchev–Trinajstić information content (AvgIpc) is 2.38. The standard InChI is InChI=1S/C13H10F2N2O2/c14-10-6-11(15)12(5-9(10)13(18)19)17-7-8-3-1-2-4-16-8/h1-6,17H,7H2,(H,18,19). The zero-order valence-corrected chi connectivity index (χ0v) is 9.73. The van der Waals surface area contributed by atoms with Crippen LogP contribution in [-0.4, -0.2) is 16.1 Å². The van der Waals surface area contributed by atoms with E-state index in [1.54, 1.807) is 24.4 Å². The van der Waals surface area contributed by atoms with Crippen molar-refractivity contribution in [1.82, 2.24) is 4.98 Å². The largest absolute Gasteiger partial charge is 0.478 e. The molecule has 19 heavy (non-hydrogen) atoms. The number of benzene rings is 1. The van der Waals surface area contributed by atoms with Crippen molar-refractivity contribution >= 4 is 11.7 Å². The summed E-state index contributed by atoms with van der Waals surface area (Å²) in [4.78, 5) is 14.8. The summed E-state index contributed by atoms with van der Waals surface area (Å²) in [6, 6.07) is 6.71. The molecule has 4 nitrogen and oxygen atoms in total. The van der Waals surface area contributed by atoms with Crippen LogP contribution in [-0.2, 0) is 6.54 Å².